The van der Waals surface area contributed by atoms with Gasteiger partial charge in [0.2, 0.25) is 0 Å². The summed E-state index contributed by atoms with van der Waals surface area (Å²) < 4.78 is 18.3. The van der Waals surface area contributed by atoms with Crippen LogP contribution in [-0.4, -0.2) is 34.7 Å². The molecule has 4 nitrogen and oxygen atoms in total. The molecule has 0 heterocycles. The van der Waals surface area contributed by atoms with Gasteiger partial charge in [-0.1, -0.05) is 93.6 Å². The molecular weight excluding hydrogens is 402 g/mol. The number of hydrogen-bond acceptors (Lipinski definition) is 4. The van der Waals surface area contributed by atoms with Crippen molar-refractivity contribution in [1.82, 2.24) is 0 Å². The van der Waals surface area contributed by atoms with Gasteiger partial charge in [-0.05, 0) is 27.5 Å². The Balaban J connectivity index is 1.64. The zero-order valence-electron chi connectivity index (χ0n) is 18.7. The summed E-state index contributed by atoms with van der Waals surface area (Å²) in [5.74, 6) is 0.690. The Morgan fingerprint density at radius 3 is 1.74 bits per heavy atom. The minimum Gasteiger partial charge on any atom is -0.489 e. The van der Waals surface area contributed by atoms with Crippen LogP contribution in [0.3, 0.4) is 0 Å². The van der Waals surface area contributed by atoms with E-state index >= 15 is 0 Å². The minimum absolute atomic E-state index is 0.0380. The van der Waals surface area contributed by atoms with Crippen molar-refractivity contribution < 1.29 is 13.9 Å². The quantitative estimate of drug-likeness (QED) is 0.294. The molecule has 0 aromatic heterocycles. The Morgan fingerprint density at radius 2 is 1.19 bits per heavy atom. The van der Waals surface area contributed by atoms with Gasteiger partial charge in [-0.15, -0.1) is 0 Å². The summed E-state index contributed by atoms with van der Waals surface area (Å²) in [6, 6.07) is 28.8. The van der Waals surface area contributed by atoms with Crippen LogP contribution in [0.1, 0.15) is 20.8 Å². The molecule has 164 valence electrons. The van der Waals surface area contributed by atoms with Gasteiger partial charge in [-0.3, -0.25) is 0 Å². The van der Waals surface area contributed by atoms with E-state index in [1.54, 1.807) is 0 Å². The molecule has 3 aromatic carbocycles. The van der Waals surface area contributed by atoms with Gasteiger partial charge >= 0.3 is 0 Å². The second-order valence-corrected chi connectivity index (χ2v) is 12.8. The lowest BCUT2D eigenvalue weighted by molar-refractivity contribution is 0.0742. The fourth-order valence-electron chi connectivity index (χ4n) is 3.94. The number of benzene rings is 3. The molecule has 0 aliphatic heterocycles. The first-order valence-electron chi connectivity index (χ1n) is 10.8. The van der Waals surface area contributed by atoms with Crippen LogP contribution in [0.4, 0.5) is 5.69 Å². The van der Waals surface area contributed by atoms with Gasteiger partial charge in [-0.25, -0.2) is 0 Å². The molecule has 0 radical (unpaired) electrons. The molecule has 0 amide bonds. The average Bonchev–Trinajstić information content (AvgIpc) is 2.77. The van der Waals surface area contributed by atoms with Gasteiger partial charge in [0, 0.05) is 0 Å². The third-order valence-corrected chi connectivity index (χ3v) is 10.4. The molecule has 0 saturated carbocycles. The molecule has 5 heteroatoms. The summed E-state index contributed by atoms with van der Waals surface area (Å²) in [7, 11) is -2.51. The van der Waals surface area contributed by atoms with E-state index in [-0.39, 0.29) is 5.04 Å². The highest BCUT2D eigenvalue weighted by atomic mass is 28.4. The standard InChI is InChI=1S/C26H33NO3Si/c1-26(2,3)31(22-12-6-4-7-13-22,23-14-8-5-9-15-23)30-21-19-28-18-20-29-25-17-11-10-16-24(25)27/h4-17H,18-21,27H2,1-3H3. The van der Waals surface area contributed by atoms with Gasteiger partial charge in [-0.2, -0.15) is 0 Å². The van der Waals surface area contributed by atoms with Crippen molar-refractivity contribution in [3.05, 3.63) is 84.9 Å². The lowest BCUT2D eigenvalue weighted by atomic mass is 10.2. The summed E-state index contributed by atoms with van der Waals surface area (Å²) in [4.78, 5) is 0. The monoisotopic (exact) mass is 435 g/mol. The van der Waals surface area contributed by atoms with E-state index in [4.69, 9.17) is 19.6 Å². The van der Waals surface area contributed by atoms with Crippen molar-refractivity contribution in [3.8, 4) is 5.75 Å². The Bertz CT molecular complexity index is 887. The lowest BCUT2D eigenvalue weighted by Crippen LogP contribution is -2.66. The van der Waals surface area contributed by atoms with Gasteiger partial charge in [0.1, 0.15) is 12.4 Å². The highest BCUT2D eigenvalue weighted by Gasteiger charge is 2.49. The van der Waals surface area contributed by atoms with Crippen LogP contribution in [0.15, 0.2) is 84.9 Å². The normalized spacial score (nSPS) is 12.0. The highest BCUT2D eigenvalue weighted by Crippen LogP contribution is 2.36. The van der Waals surface area contributed by atoms with Crippen molar-refractivity contribution >= 4 is 24.4 Å². The summed E-state index contributed by atoms with van der Waals surface area (Å²) in [6.45, 7) is 8.80. The maximum absolute atomic E-state index is 6.80. The van der Waals surface area contributed by atoms with Gasteiger partial charge < -0.3 is 19.6 Å². The number of nitrogens with two attached hydrogens (primary N) is 1. The van der Waals surface area contributed by atoms with E-state index in [1.807, 2.05) is 24.3 Å². The maximum Gasteiger partial charge on any atom is 0.261 e. The molecule has 0 spiro atoms. The number of para-hydroxylation sites is 2. The molecule has 0 bridgehead atoms. The van der Waals surface area contributed by atoms with Crippen LogP contribution in [-0.2, 0) is 9.16 Å². The van der Waals surface area contributed by atoms with Gasteiger partial charge in [0.05, 0.1) is 25.5 Å². The van der Waals surface area contributed by atoms with Crippen LogP contribution in [0.5, 0.6) is 5.75 Å². The Labute approximate surface area is 187 Å². The van der Waals surface area contributed by atoms with Crippen molar-refractivity contribution in [3.63, 3.8) is 0 Å². The smallest absolute Gasteiger partial charge is 0.261 e. The second-order valence-electron chi connectivity index (χ2n) is 8.51. The number of anilines is 1. The lowest BCUT2D eigenvalue weighted by Gasteiger charge is -2.43. The van der Waals surface area contributed by atoms with Crippen molar-refractivity contribution in [2.75, 3.05) is 32.2 Å². The van der Waals surface area contributed by atoms with Crippen molar-refractivity contribution in [1.29, 1.82) is 0 Å². The first-order chi connectivity index (χ1) is 14.9. The Kier molecular flexibility index (Phi) is 7.90. The third kappa shape index (κ3) is 5.56. The summed E-state index contributed by atoms with van der Waals surface area (Å²) in [5, 5.41) is 2.51. The van der Waals surface area contributed by atoms with E-state index in [0.29, 0.717) is 37.9 Å². The number of ether oxygens (including phenoxy) is 2. The molecular formula is C26H33NO3Si. The first kappa shape index (κ1) is 23.1. The third-order valence-electron chi connectivity index (χ3n) is 5.37. The van der Waals surface area contributed by atoms with Gasteiger partial charge in [0.25, 0.3) is 8.32 Å². The molecule has 0 saturated heterocycles. The SMILES string of the molecule is CC(C)(C)[Si](OCCOCCOc1ccccc1N)(c1ccccc1)c1ccccc1. The molecule has 3 rings (SSSR count). The molecule has 0 unspecified atom stereocenters. The highest BCUT2D eigenvalue weighted by molar-refractivity contribution is 6.99. The van der Waals surface area contributed by atoms with Crippen molar-refractivity contribution in [2.24, 2.45) is 0 Å². The van der Waals surface area contributed by atoms with Gasteiger partial charge in [0.15, 0.2) is 0 Å². The molecule has 3 aromatic rings. The Hall–Kier alpha value is -2.60. The topological polar surface area (TPSA) is 53.7 Å². The molecule has 0 fully saturated rings. The zero-order chi connectivity index (χ0) is 22.2. The molecule has 2 N–H and O–H groups in total. The largest absolute Gasteiger partial charge is 0.489 e. The van der Waals surface area contributed by atoms with Crippen LogP contribution < -0.4 is 20.8 Å². The number of rotatable bonds is 10. The van der Waals surface area contributed by atoms with E-state index in [9.17, 15) is 0 Å². The fourth-order valence-corrected chi connectivity index (χ4v) is 8.48. The summed E-state index contributed by atoms with van der Waals surface area (Å²) >= 11 is 0. The van der Waals surface area contributed by atoms with Crippen LogP contribution in [0, 0.1) is 0 Å². The minimum atomic E-state index is -2.51. The molecule has 0 aliphatic rings. The summed E-state index contributed by atoms with van der Waals surface area (Å²) in [6.07, 6.45) is 0. The number of nitrogen functional groups attached to an aromatic ring is 1. The Morgan fingerprint density at radius 1 is 0.677 bits per heavy atom. The zero-order valence-corrected chi connectivity index (χ0v) is 19.7. The van der Waals surface area contributed by atoms with Crippen LogP contribution in [0.2, 0.25) is 5.04 Å². The second kappa shape index (κ2) is 10.6. The number of hydrogen-bond donors (Lipinski definition) is 1. The molecule has 0 atom stereocenters. The van der Waals surface area contributed by atoms with E-state index in [0.717, 1.165) is 0 Å². The fraction of sp³-hybridized carbons (Fsp3) is 0.308. The van der Waals surface area contributed by atoms with E-state index in [1.165, 1.54) is 10.4 Å². The average molecular weight is 436 g/mol. The molecule has 31 heavy (non-hydrogen) atoms. The van der Waals surface area contributed by atoms with Crippen LogP contribution in [0.25, 0.3) is 0 Å². The molecule has 0 aliphatic carbocycles. The predicted octanol–water partition coefficient (Wildman–Crippen LogP) is 4.24. The summed E-state index contributed by atoms with van der Waals surface area (Å²) in [5.41, 5.74) is 6.54. The van der Waals surface area contributed by atoms with Crippen LogP contribution >= 0.6 is 0 Å². The maximum atomic E-state index is 6.80. The first-order valence-corrected chi connectivity index (χ1v) is 12.7. The predicted molar refractivity (Wildman–Crippen MR) is 131 cm³/mol. The van der Waals surface area contributed by atoms with E-state index in [2.05, 4.69) is 81.4 Å². The van der Waals surface area contributed by atoms with E-state index < -0.39 is 8.32 Å². The van der Waals surface area contributed by atoms with Crippen molar-refractivity contribution in [2.45, 2.75) is 25.8 Å².